The monoisotopic (exact) mass is 259 g/mol. The van der Waals surface area contributed by atoms with Crippen LogP contribution in [0.4, 0.5) is 4.39 Å². The SMILES string of the molecule is CCS(=O)(=O)CCNCCc1ccccc1F. The molecule has 1 aromatic carbocycles. The van der Waals surface area contributed by atoms with Crippen molar-refractivity contribution in [1.82, 2.24) is 5.32 Å². The van der Waals surface area contributed by atoms with Crippen LogP contribution in [0, 0.1) is 5.82 Å². The molecule has 0 aliphatic carbocycles. The predicted molar refractivity (Wildman–Crippen MR) is 67.3 cm³/mol. The zero-order chi connectivity index (χ0) is 12.7. The Balaban J connectivity index is 2.24. The Bertz CT molecular complexity index is 446. The van der Waals surface area contributed by atoms with Crippen LogP contribution in [0.3, 0.4) is 0 Å². The molecule has 0 aliphatic heterocycles. The molecule has 3 nitrogen and oxygen atoms in total. The standard InChI is InChI=1S/C12H18FNO2S/c1-2-17(15,16)10-9-14-8-7-11-5-3-4-6-12(11)13/h3-6,14H,2,7-10H2,1H3. The molecule has 1 aromatic rings. The smallest absolute Gasteiger partial charge is 0.151 e. The first kappa shape index (κ1) is 14.1. The van der Waals surface area contributed by atoms with Crippen LogP contribution in [-0.2, 0) is 16.3 Å². The van der Waals surface area contributed by atoms with E-state index in [-0.39, 0.29) is 17.3 Å². The Labute approximate surface area is 102 Å². The summed E-state index contributed by atoms with van der Waals surface area (Å²) in [5.74, 6) is 0.0958. The molecule has 0 saturated carbocycles. The van der Waals surface area contributed by atoms with Crippen molar-refractivity contribution in [3.63, 3.8) is 0 Å². The van der Waals surface area contributed by atoms with E-state index in [0.717, 1.165) is 0 Å². The molecule has 5 heteroatoms. The second kappa shape index (κ2) is 6.71. The highest BCUT2D eigenvalue weighted by Gasteiger charge is 2.06. The first-order valence-electron chi connectivity index (χ1n) is 5.69. The van der Waals surface area contributed by atoms with Gasteiger partial charge in [-0.3, -0.25) is 0 Å². The lowest BCUT2D eigenvalue weighted by Gasteiger charge is -2.05. The molecule has 0 heterocycles. The summed E-state index contributed by atoms with van der Waals surface area (Å²) in [4.78, 5) is 0. The van der Waals surface area contributed by atoms with Gasteiger partial charge in [0.05, 0.1) is 5.75 Å². The van der Waals surface area contributed by atoms with Crippen LogP contribution < -0.4 is 5.32 Å². The van der Waals surface area contributed by atoms with E-state index in [1.807, 2.05) is 0 Å². The van der Waals surface area contributed by atoms with Gasteiger partial charge in [0.15, 0.2) is 9.84 Å². The fourth-order valence-electron chi connectivity index (χ4n) is 1.42. The van der Waals surface area contributed by atoms with Gasteiger partial charge in [0.1, 0.15) is 5.82 Å². The van der Waals surface area contributed by atoms with Gasteiger partial charge in [0.2, 0.25) is 0 Å². The van der Waals surface area contributed by atoms with Crippen molar-refractivity contribution in [2.45, 2.75) is 13.3 Å². The van der Waals surface area contributed by atoms with Gasteiger partial charge in [0, 0.05) is 12.3 Å². The van der Waals surface area contributed by atoms with E-state index in [0.29, 0.717) is 25.1 Å². The maximum absolute atomic E-state index is 13.2. The topological polar surface area (TPSA) is 46.2 Å². The predicted octanol–water partition coefficient (Wildman–Crippen LogP) is 1.39. The molecular weight excluding hydrogens is 241 g/mol. The molecule has 0 atom stereocenters. The second-order valence-electron chi connectivity index (χ2n) is 3.83. The third-order valence-corrected chi connectivity index (χ3v) is 4.26. The van der Waals surface area contributed by atoms with Crippen LogP contribution in [0.15, 0.2) is 24.3 Å². The molecule has 0 saturated heterocycles. The average molecular weight is 259 g/mol. The minimum atomic E-state index is -2.91. The lowest BCUT2D eigenvalue weighted by molar-refractivity contribution is 0.587. The summed E-state index contributed by atoms with van der Waals surface area (Å²) in [7, 11) is -2.91. The molecule has 0 unspecified atom stereocenters. The molecule has 0 aromatic heterocycles. The lowest BCUT2D eigenvalue weighted by Crippen LogP contribution is -2.25. The maximum Gasteiger partial charge on any atom is 0.151 e. The Hall–Kier alpha value is -0.940. The van der Waals surface area contributed by atoms with Crippen molar-refractivity contribution in [3.8, 4) is 0 Å². The van der Waals surface area contributed by atoms with E-state index in [1.54, 1.807) is 25.1 Å². The van der Waals surface area contributed by atoms with E-state index in [2.05, 4.69) is 5.32 Å². The van der Waals surface area contributed by atoms with Crippen LogP contribution >= 0.6 is 0 Å². The highest BCUT2D eigenvalue weighted by Crippen LogP contribution is 2.05. The molecule has 1 N–H and O–H groups in total. The molecule has 0 fully saturated rings. The molecule has 0 amide bonds. The lowest BCUT2D eigenvalue weighted by atomic mass is 10.1. The molecule has 17 heavy (non-hydrogen) atoms. The summed E-state index contributed by atoms with van der Waals surface area (Å²) in [5, 5.41) is 3.01. The second-order valence-corrected chi connectivity index (χ2v) is 6.30. The van der Waals surface area contributed by atoms with Crippen molar-refractivity contribution >= 4 is 9.84 Å². The Morgan fingerprint density at radius 3 is 2.59 bits per heavy atom. The minimum absolute atomic E-state index is 0.140. The first-order chi connectivity index (χ1) is 8.05. The van der Waals surface area contributed by atoms with E-state index in [9.17, 15) is 12.8 Å². The van der Waals surface area contributed by atoms with Gasteiger partial charge in [0.25, 0.3) is 0 Å². The number of nitrogens with one attached hydrogen (secondary N) is 1. The van der Waals surface area contributed by atoms with Crippen molar-refractivity contribution < 1.29 is 12.8 Å². The third-order valence-electron chi connectivity index (χ3n) is 2.56. The van der Waals surface area contributed by atoms with Crippen LogP contribution in [0.25, 0.3) is 0 Å². The number of sulfone groups is 1. The first-order valence-corrected chi connectivity index (χ1v) is 7.52. The van der Waals surface area contributed by atoms with Crippen molar-refractivity contribution in [3.05, 3.63) is 35.6 Å². The molecule has 0 bridgehead atoms. The fraction of sp³-hybridized carbons (Fsp3) is 0.500. The molecule has 1 rings (SSSR count). The summed E-state index contributed by atoms with van der Waals surface area (Å²) in [5.41, 5.74) is 0.651. The fourth-order valence-corrected chi connectivity index (χ4v) is 2.17. The molecule has 0 spiro atoms. The number of hydrogen-bond acceptors (Lipinski definition) is 3. The number of benzene rings is 1. The number of halogens is 1. The highest BCUT2D eigenvalue weighted by molar-refractivity contribution is 7.91. The summed E-state index contributed by atoms with van der Waals surface area (Å²) >= 11 is 0. The quantitative estimate of drug-likeness (QED) is 0.753. The Morgan fingerprint density at radius 1 is 1.24 bits per heavy atom. The van der Waals surface area contributed by atoms with Gasteiger partial charge in [-0.25, -0.2) is 12.8 Å². The van der Waals surface area contributed by atoms with Crippen LogP contribution in [0.5, 0.6) is 0 Å². The minimum Gasteiger partial charge on any atom is -0.315 e. The normalized spacial score (nSPS) is 11.6. The van der Waals surface area contributed by atoms with E-state index in [4.69, 9.17) is 0 Å². The van der Waals surface area contributed by atoms with Gasteiger partial charge in [-0.1, -0.05) is 25.1 Å². The summed E-state index contributed by atoms with van der Waals surface area (Å²) in [6, 6.07) is 6.61. The Kier molecular flexibility index (Phi) is 5.58. The summed E-state index contributed by atoms with van der Waals surface area (Å²) in [6.07, 6.45) is 0.568. The zero-order valence-electron chi connectivity index (χ0n) is 9.95. The zero-order valence-corrected chi connectivity index (χ0v) is 10.8. The van der Waals surface area contributed by atoms with Crippen LogP contribution in [0.1, 0.15) is 12.5 Å². The van der Waals surface area contributed by atoms with Gasteiger partial charge < -0.3 is 5.32 Å². The molecule has 0 radical (unpaired) electrons. The molecule has 96 valence electrons. The number of rotatable bonds is 7. The molecule has 0 aliphatic rings. The summed E-state index contributed by atoms with van der Waals surface area (Å²) in [6.45, 7) is 2.64. The average Bonchev–Trinajstić information content (AvgIpc) is 2.31. The van der Waals surface area contributed by atoms with Crippen LogP contribution in [0.2, 0.25) is 0 Å². The van der Waals surface area contributed by atoms with Gasteiger partial charge in [-0.15, -0.1) is 0 Å². The maximum atomic E-state index is 13.2. The third kappa shape index (κ3) is 5.28. The van der Waals surface area contributed by atoms with E-state index < -0.39 is 9.84 Å². The van der Waals surface area contributed by atoms with E-state index in [1.165, 1.54) is 6.07 Å². The number of hydrogen-bond donors (Lipinski definition) is 1. The van der Waals surface area contributed by atoms with Crippen molar-refractivity contribution in [1.29, 1.82) is 0 Å². The van der Waals surface area contributed by atoms with Gasteiger partial charge in [-0.05, 0) is 24.6 Å². The van der Waals surface area contributed by atoms with Crippen molar-refractivity contribution in [2.75, 3.05) is 24.6 Å². The van der Waals surface area contributed by atoms with Crippen molar-refractivity contribution in [2.24, 2.45) is 0 Å². The van der Waals surface area contributed by atoms with Crippen LogP contribution in [-0.4, -0.2) is 33.0 Å². The summed E-state index contributed by atoms with van der Waals surface area (Å²) < 4.78 is 35.6. The Morgan fingerprint density at radius 2 is 1.94 bits per heavy atom. The van der Waals surface area contributed by atoms with E-state index >= 15 is 0 Å². The molecular formula is C12H18FNO2S. The largest absolute Gasteiger partial charge is 0.315 e. The van der Waals surface area contributed by atoms with Gasteiger partial charge in [-0.2, -0.15) is 0 Å². The highest BCUT2D eigenvalue weighted by atomic mass is 32.2. The van der Waals surface area contributed by atoms with Gasteiger partial charge >= 0.3 is 0 Å².